The van der Waals surface area contributed by atoms with Gasteiger partial charge in [-0.15, -0.1) is 0 Å². The first-order valence-corrected chi connectivity index (χ1v) is 8.01. The number of carbonyl (C=O) groups is 1. The van der Waals surface area contributed by atoms with E-state index in [-0.39, 0.29) is 20.3 Å². The summed E-state index contributed by atoms with van der Waals surface area (Å²) in [7, 11) is 2.37. The molecule has 1 unspecified atom stereocenters. The van der Waals surface area contributed by atoms with E-state index < -0.39 is 7.92 Å². The van der Waals surface area contributed by atoms with Gasteiger partial charge >= 0.3 is 18.9 Å². The monoisotopic (exact) mass is 311 g/mol. The van der Waals surface area contributed by atoms with Crippen molar-refractivity contribution >= 4 is 24.8 Å². The summed E-state index contributed by atoms with van der Waals surface area (Å²) >= 11 is 0. The minimum Gasteiger partial charge on any atom is -1.00 e. The number of aldehydes is 1. The van der Waals surface area contributed by atoms with Crippen LogP contribution in [-0.4, -0.2) is 26.8 Å². The maximum absolute atomic E-state index is 11.2. The van der Waals surface area contributed by atoms with E-state index in [1.165, 1.54) is 5.30 Å². The molecule has 0 aromatic heterocycles. The summed E-state index contributed by atoms with van der Waals surface area (Å²) in [5.74, 6) is 1.02. The minimum atomic E-state index is -0.708. The van der Waals surface area contributed by atoms with Crippen LogP contribution in [0.3, 0.4) is 0 Å². The van der Waals surface area contributed by atoms with Gasteiger partial charge in [0.05, 0.1) is 19.8 Å². The van der Waals surface area contributed by atoms with Crippen LogP contribution in [0.25, 0.3) is 0 Å². The third kappa shape index (κ3) is 3.91. The summed E-state index contributed by atoms with van der Waals surface area (Å²) in [5.41, 5.74) is 6.39. The van der Waals surface area contributed by atoms with E-state index in [9.17, 15) is 4.79 Å². The molecule has 2 N–H and O–H groups in total. The molecule has 0 amide bonds. The molecule has 0 saturated heterocycles. The van der Waals surface area contributed by atoms with Crippen LogP contribution in [0, 0.1) is 0 Å². The fraction of sp³-hybridized carbons (Fsp3) is 0.188. The van der Waals surface area contributed by atoms with Gasteiger partial charge in [-0.25, -0.2) is 0 Å². The third-order valence-electron chi connectivity index (χ3n) is 3.21. The number of hydrogen-bond donors (Lipinski definition) is 1. The minimum absolute atomic E-state index is 0. The Bertz CT molecular complexity index is 603. The molecular weight excluding hydrogens is 292 g/mol. The number of rotatable bonds is 6. The van der Waals surface area contributed by atoms with Crippen molar-refractivity contribution in [3.05, 3.63) is 48.0 Å². The van der Waals surface area contributed by atoms with E-state index in [0.717, 1.165) is 11.6 Å². The summed E-state index contributed by atoms with van der Waals surface area (Å²) in [6.45, 7) is 0. The van der Waals surface area contributed by atoms with Crippen LogP contribution < -0.4 is 44.7 Å². The van der Waals surface area contributed by atoms with Crippen LogP contribution in [0.1, 0.15) is 11.8 Å². The Morgan fingerprint density at radius 2 is 1.64 bits per heavy atom. The van der Waals surface area contributed by atoms with Crippen molar-refractivity contribution in [1.29, 1.82) is 0 Å². The van der Waals surface area contributed by atoms with E-state index in [1.54, 1.807) is 14.2 Å². The maximum Gasteiger partial charge on any atom is 1.00 e. The quantitative estimate of drug-likeness (QED) is 0.421. The summed E-state index contributed by atoms with van der Waals surface area (Å²) in [6, 6.07) is 13.8. The summed E-state index contributed by atoms with van der Waals surface area (Å²) in [5, 5.41) is 2.20. The van der Waals surface area contributed by atoms with Gasteiger partial charge in [0.15, 0.2) is 6.29 Å². The molecule has 0 aliphatic carbocycles. The van der Waals surface area contributed by atoms with E-state index in [2.05, 4.69) is 12.1 Å². The average molecular weight is 311 g/mol. The van der Waals surface area contributed by atoms with Gasteiger partial charge in [0.25, 0.3) is 0 Å². The van der Waals surface area contributed by atoms with E-state index in [1.807, 2.05) is 30.3 Å². The van der Waals surface area contributed by atoms with Crippen LogP contribution in [0.5, 0.6) is 11.5 Å². The zero-order chi connectivity index (χ0) is 15.2. The fourth-order valence-electron chi connectivity index (χ4n) is 2.16. The molecule has 22 heavy (non-hydrogen) atoms. The molecule has 2 aromatic rings. The van der Waals surface area contributed by atoms with Crippen LogP contribution in [0.4, 0.5) is 0 Å². The maximum atomic E-state index is 11.2. The second kappa shape index (κ2) is 8.98. The van der Waals surface area contributed by atoms with E-state index in [4.69, 9.17) is 15.2 Å². The van der Waals surface area contributed by atoms with Gasteiger partial charge in [0.1, 0.15) is 11.5 Å². The Balaban J connectivity index is 0.00000242. The molecule has 0 spiro atoms. The SMILES string of the molecule is COc1cc(P(CN)c2ccccc2)cc(OC)c1C=O.[H-].[Li+]. The Hall–Kier alpha value is -1.30. The van der Waals surface area contributed by atoms with E-state index in [0.29, 0.717) is 23.3 Å². The van der Waals surface area contributed by atoms with Gasteiger partial charge in [-0.05, 0) is 30.7 Å². The zero-order valence-electron chi connectivity index (χ0n) is 14.1. The molecule has 0 radical (unpaired) electrons. The van der Waals surface area contributed by atoms with Gasteiger partial charge < -0.3 is 16.6 Å². The number of methoxy groups -OCH3 is 2. The largest absolute Gasteiger partial charge is 1.00 e. The number of nitrogens with two attached hydrogens (primary N) is 1. The van der Waals surface area contributed by atoms with Crippen molar-refractivity contribution < 1.29 is 34.6 Å². The third-order valence-corrected chi connectivity index (χ3v) is 5.38. The number of ether oxygens (including phenoxy) is 2. The van der Waals surface area contributed by atoms with Crippen LogP contribution in [0.15, 0.2) is 42.5 Å². The molecular formula is C16H19LiNO3P. The molecule has 2 rings (SSSR count). The fourth-order valence-corrected chi connectivity index (χ4v) is 3.96. The average Bonchev–Trinajstić information content (AvgIpc) is 2.55. The zero-order valence-corrected chi connectivity index (χ0v) is 14.0. The molecule has 0 heterocycles. The van der Waals surface area contributed by atoms with Gasteiger partial charge in [0.2, 0.25) is 0 Å². The molecule has 0 aliphatic rings. The molecule has 6 heteroatoms. The van der Waals surface area contributed by atoms with Crippen LogP contribution in [-0.2, 0) is 0 Å². The van der Waals surface area contributed by atoms with Gasteiger partial charge in [-0.3, -0.25) is 4.79 Å². The second-order valence-corrected chi connectivity index (χ2v) is 6.58. The topological polar surface area (TPSA) is 61.6 Å². The van der Waals surface area contributed by atoms with Crippen molar-refractivity contribution in [2.75, 3.05) is 20.5 Å². The standard InChI is InChI=1S/C16H18NO3P.Li.H/c1-19-15-8-13(9-16(20-2)14(15)10-18)21(11-17)12-6-4-3-5-7-12;;/h3-10H,11,17H2,1-2H3;;/q;+1;-1. The number of hydrogen-bond acceptors (Lipinski definition) is 4. The Kier molecular flexibility index (Phi) is 7.65. The van der Waals surface area contributed by atoms with Crippen LogP contribution in [0.2, 0.25) is 0 Å². The first-order valence-electron chi connectivity index (χ1n) is 6.49. The molecule has 0 bridgehead atoms. The summed E-state index contributed by atoms with van der Waals surface area (Å²) in [4.78, 5) is 11.2. The smallest absolute Gasteiger partial charge is 1.00 e. The van der Waals surface area contributed by atoms with Crippen LogP contribution >= 0.6 is 7.92 Å². The molecule has 112 valence electrons. The Labute approximate surface area is 145 Å². The first-order chi connectivity index (χ1) is 10.2. The van der Waals surface area contributed by atoms with Crippen molar-refractivity contribution in [3.8, 4) is 11.5 Å². The van der Waals surface area contributed by atoms with Crippen molar-refractivity contribution in [3.63, 3.8) is 0 Å². The predicted octanol–water partition coefficient (Wildman–Crippen LogP) is -1.02. The normalized spacial score (nSPS) is 11.2. The molecule has 2 aromatic carbocycles. The molecule has 4 nitrogen and oxygen atoms in total. The molecule has 1 atom stereocenters. The summed E-state index contributed by atoms with van der Waals surface area (Å²) in [6.07, 6.45) is 1.26. The molecule has 0 aliphatic heterocycles. The van der Waals surface area contributed by atoms with E-state index >= 15 is 0 Å². The van der Waals surface area contributed by atoms with Gasteiger partial charge in [-0.2, -0.15) is 0 Å². The molecule has 0 fully saturated rings. The van der Waals surface area contributed by atoms with Gasteiger partial charge in [0, 0.05) is 6.29 Å². The second-order valence-electron chi connectivity index (χ2n) is 4.33. The summed E-state index contributed by atoms with van der Waals surface area (Å²) < 4.78 is 10.6. The van der Waals surface area contributed by atoms with Crippen molar-refractivity contribution in [1.82, 2.24) is 0 Å². The Morgan fingerprint density at radius 3 is 2.05 bits per heavy atom. The Morgan fingerprint density at radius 1 is 1.09 bits per heavy atom. The van der Waals surface area contributed by atoms with Crippen molar-refractivity contribution in [2.24, 2.45) is 5.73 Å². The van der Waals surface area contributed by atoms with Crippen molar-refractivity contribution in [2.45, 2.75) is 0 Å². The molecule has 0 saturated carbocycles. The number of carbonyl (C=O) groups excluding carboxylic acids is 1. The van der Waals surface area contributed by atoms with Gasteiger partial charge in [-0.1, -0.05) is 30.3 Å². The number of benzene rings is 2. The predicted molar refractivity (Wildman–Crippen MR) is 87.7 cm³/mol. The first kappa shape index (κ1) is 18.7.